The number of ether oxygens (including phenoxy) is 1. The Hall–Kier alpha value is -2.28. The first-order valence-electron chi connectivity index (χ1n) is 8.21. The van der Waals surface area contributed by atoms with Crippen LogP contribution in [-0.4, -0.2) is 30.4 Å². The van der Waals surface area contributed by atoms with Crippen LogP contribution in [0.4, 0.5) is 0 Å². The van der Waals surface area contributed by atoms with Crippen molar-refractivity contribution in [1.29, 1.82) is 0 Å². The van der Waals surface area contributed by atoms with Crippen molar-refractivity contribution in [3.8, 4) is 0 Å². The van der Waals surface area contributed by atoms with E-state index < -0.39 is 30.4 Å². The molecule has 9 heteroatoms. The third-order valence-electron chi connectivity index (χ3n) is 3.63. The second-order valence-electron chi connectivity index (χ2n) is 5.79. The molecule has 2 amide bonds. The smallest absolute Gasteiger partial charge is 0.326 e. The molecular formula is C19H17Cl3N2O4. The molecule has 0 heterocycles. The van der Waals surface area contributed by atoms with Crippen molar-refractivity contribution < 1.29 is 19.1 Å². The standard InChI is InChI=1S/C19H17Cl3N2O4/c1-11(18(26)23-9-12-2-5-14(20)6-3-12)28-17(25)10-24-19(27)13-4-7-15(21)16(22)8-13/h2-8,11H,9-10H2,1H3,(H,23,26)(H,24,27). The number of halogens is 3. The molecule has 2 rings (SSSR count). The van der Waals surface area contributed by atoms with Gasteiger partial charge in [0.1, 0.15) is 6.54 Å². The van der Waals surface area contributed by atoms with E-state index in [4.69, 9.17) is 39.5 Å². The summed E-state index contributed by atoms with van der Waals surface area (Å²) in [6, 6.07) is 11.3. The quantitative estimate of drug-likeness (QED) is 0.640. The molecule has 1 unspecified atom stereocenters. The highest BCUT2D eigenvalue weighted by atomic mass is 35.5. The Bertz CT molecular complexity index is 872. The third kappa shape index (κ3) is 6.71. The zero-order chi connectivity index (χ0) is 20.7. The Morgan fingerprint density at radius 3 is 2.29 bits per heavy atom. The maximum absolute atomic E-state index is 12.0. The molecule has 0 aliphatic carbocycles. The number of hydrogen-bond donors (Lipinski definition) is 2. The van der Waals surface area contributed by atoms with Gasteiger partial charge in [0.25, 0.3) is 11.8 Å². The average Bonchev–Trinajstić information content (AvgIpc) is 2.67. The second kappa shape index (κ2) is 10.3. The summed E-state index contributed by atoms with van der Waals surface area (Å²) >= 11 is 17.4. The Labute approximate surface area is 177 Å². The Kier molecular flexibility index (Phi) is 8.11. The largest absolute Gasteiger partial charge is 0.451 e. The highest BCUT2D eigenvalue weighted by Gasteiger charge is 2.18. The zero-order valence-electron chi connectivity index (χ0n) is 14.8. The summed E-state index contributed by atoms with van der Waals surface area (Å²) in [6.45, 7) is 1.32. The van der Waals surface area contributed by atoms with Crippen molar-refractivity contribution in [1.82, 2.24) is 10.6 Å². The Morgan fingerprint density at radius 1 is 0.964 bits per heavy atom. The minimum atomic E-state index is -1.01. The third-order valence-corrected chi connectivity index (χ3v) is 4.62. The fourth-order valence-electron chi connectivity index (χ4n) is 2.12. The molecule has 6 nitrogen and oxygen atoms in total. The van der Waals surface area contributed by atoms with Crippen LogP contribution in [0.5, 0.6) is 0 Å². The van der Waals surface area contributed by atoms with Gasteiger partial charge < -0.3 is 15.4 Å². The number of esters is 1. The first kappa shape index (κ1) is 22.0. The molecule has 0 bridgehead atoms. The van der Waals surface area contributed by atoms with Crippen LogP contribution in [0.2, 0.25) is 15.1 Å². The predicted molar refractivity (Wildman–Crippen MR) is 108 cm³/mol. The molecule has 0 saturated heterocycles. The van der Waals surface area contributed by atoms with Gasteiger partial charge in [-0.1, -0.05) is 46.9 Å². The highest BCUT2D eigenvalue weighted by molar-refractivity contribution is 6.42. The number of nitrogens with one attached hydrogen (secondary N) is 2. The molecule has 0 saturated carbocycles. The maximum Gasteiger partial charge on any atom is 0.326 e. The van der Waals surface area contributed by atoms with Crippen molar-refractivity contribution in [2.75, 3.05) is 6.54 Å². The number of hydrogen-bond acceptors (Lipinski definition) is 4. The van der Waals surface area contributed by atoms with Crippen molar-refractivity contribution >= 4 is 52.6 Å². The number of benzene rings is 2. The van der Waals surface area contributed by atoms with Crippen molar-refractivity contribution in [3.63, 3.8) is 0 Å². The summed E-state index contributed by atoms with van der Waals surface area (Å²) in [6.07, 6.45) is -1.01. The van der Waals surface area contributed by atoms with Crippen LogP contribution in [0.1, 0.15) is 22.8 Å². The van der Waals surface area contributed by atoms with Crippen molar-refractivity contribution in [2.45, 2.75) is 19.6 Å². The Balaban J connectivity index is 1.76. The van der Waals surface area contributed by atoms with Crippen LogP contribution in [-0.2, 0) is 20.9 Å². The van der Waals surface area contributed by atoms with E-state index in [0.29, 0.717) is 10.0 Å². The number of amides is 2. The molecule has 0 aromatic heterocycles. The topological polar surface area (TPSA) is 84.5 Å². The van der Waals surface area contributed by atoms with E-state index in [1.807, 2.05) is 0 Å². The van der Waals surface area contributed by atoms with E-state index in [1.165, 1.54) is 25.1 Å². The summed E-state index contributed by atoms with van der Waals surface area (Å²) in [5.41, 5.74) is 1.10. The van der Waals surface area contributed by atoms with Crippen LogP contribution in [0, 0.1) is 0 Å². The first-order chi connectivity index (χ1) is 13.3. The summed E-state index contributed by atoms with van der Waals surface area (Å²) in [4.78, 5) is 35.9. The lowest BCUT2D eigenvalue weighted by molar-refractivity contribution is -0.153. The molecule has 0 aliphatic heterocycles. The lowest BCUT2D eigenvalue weighted by Gasteiger charge is -2.14. The highest BCUT2D eigenvalue weighted by Crippen LogP contribution is 2.22. The van der Waals surface area contributed by atoms with Crippen molar-refractivity contribution in [3.05, 3.63) is 68.7 Å². The summed E-state index contributed by atoms with van der Waals surface area (Å²) < 4.78 is 5.01. The van der Waals surface area contributed by atoms with Crippen LogP contribution >= 0.6 is 34.8 Å². The molecule has 1 atom stereocenters. The van der Waals surface area contributed by atoms with Crippen LogP contribution < -0.4 is 10.6 Å². The summed E-state index contributed by atoms with van der Waals surface area (Å²) in [5, 5.41) is 6.18. The molecule has 28 heavy (non-hydrogen) atoms. The summed E-state index contributed by atoms with van der Waals surface area (Å²) in [7, 11) is 0. The van der Waals surface area contributed by atoms with Gasteiger partial charge in [0.05, 0.1) is 10.0 Å². The Morgan fingerprint density at radius 2 is 1.64 bits per heavy atom. The predicted octanol–water partition coefficient (Wildman–Crippen LogP) is 3.62. The molecule has 2 aromatic rings. The van der Waals surface area contributed by atoms with E-state index in [0.717, 1.165) is 5.56 Å². The van der Waals surface area contributed by atoms with Gasteiger partial charge in [-0.25, -0.2) is 0 Å². The van der Waals surface area contributed by atoms with Crippen LogP contribution in [0.3, 0.4) is 0 Å². The molecule has 0 fully saturated rings. The van der Waals surface area contributed by atoms with Gasteiger partial charge in [-0.05, 0) is 42.8 Å². The minimum Gasteiger partial charge on any atom is -0.451 e. The van der Waals surface area contributed by atoms with E-state index in [-0.39, 0.29) is 17.1 Å². The zero-order valence-corrected chi connectivity index (χ0v) is 17.1. The lowest BCUT2D eigenvalue weighted by Crippen LogP contribution is -2.38. The van der Waals surface area contributed by atoms with Crippen LogP contribution in [0.25, 0.3) is 0 Å². The molecule has 0 radical (unpaired) electrons. The van der Waals surface area contributed by atoms with E-state index >= 15 is 0 Å². The lowest BCUT2D eigenvalue weighted by atomic mass is 10.2. The summed E-state index contributed by atoms with van der Waals surface area (Å²) in [5.74, 6) is -1.72. The van der Waals surface area contributed by atoms with Gasteiger partial charge in [-0.3, -0.25) is 14.4 Å². The fourth-order valence-corrected chi connectivity index (χ4v) is 2.54. The van der Waals surface area contributed by atoms with Gasteiger partial charge in [0.15, 0.2) is 6.10 Å². The second-order valence-corrected chi connectivity index (χ2v) is 7.04. The number of rotatable bonds is 7. The van der Waals surface area contributed by atoms with E-state index in [9.17, 15) is 14.4 Å². The SMILES string of the molecule is CC(OC(=O)CNC(=O)c1ccc(Cl)c(Cl)c1)C(=O)NCc1ccc(Cl)cc1. The maximum atomic E-state index is 12.0. The van der Waals surface area contributed by atoms with Gasteiger partial charge >= 0.3 is 5.97 Å². The van der Waals surface area contributed by atoms with Gasteiger partial charge in [-0.2, -0.15) is 0 Å². The normalized spacial score (nSPS) is 11.4. The van der Waals surface area contributed by atoms with E-state index in [1.54, 1.807) is 24.3 Å². The first-order valence-corrected chi connectivity index (χ1v) is 9.34. The molecule has 148 valence electrons. The molecule has 2 N–H and O–H groups in total. The van der Waals surface area contributed by atoms with Crippen LogP contribution in [0.15, 0.2) is 42.5 Å². The number of carbonyl (C=O) groups excluding carboxylic acids is 3. The van der Waals surface area contributed by atoms with E-state index in [2.05, 4.69) is 10.6 Å². The fraction of sp³-hybridized carbons (Fsp3) is 0.211. The molecule has 0 spiro atoms. The molecule has 2 aromatic carbocycles. The van der Waals surface area contributed by atoms with Gasteiger partial charge in [0.2, 0.25) is 0 Å². The van der Waals surface area contributed by atoms with Gasteiger partial charge in [-0.15, -0.1) is 0 Å². The minimum absolute atomic E-state index is 0.225. The molecule has 0 aliphatic rings. The van der Waals surface area contributed by atoms with Gasteiger partial charge in [0, 0.05) is 17.1 Å². The van der Waals surface area contributed by atoms with Crippen molar-refractivity contribution in [2.24, 2.45) is 0 Å². The molecular weight excluding hydrogens is 427 g/mol. The number of carbonyl (C=O) groups is 3. The monoisotopic (exact) mass is 442 g/mol. The average molecular weight is 444 g/mol.